The predicted octanol–water partition coefficient (Wildman–Crippen LogP) is 0.947. The van der Waals surface area contributed by atoms with E-state index in [1.165, 1.54) is 54.3 Å². The molecule has 0 radical (unpaired) electrons. The smallest absolute Gasteiger partial charge is 0.351 e. The van der Waals surface area contributed by atoms with Crippen LogP contribution in [0.15, 0.2) is 42.5 Å². The third-order valence-corrected chi connectivity index (χ3v) is 5.14. The number of carbonyl (C=O) groups excluding carboxylic acids is 1. The summed E-state index contributed by atoms with van der Waals surface area (Å²) in [5, 5.41) is 19.8. The number of hydrogen-bond donors (Lipinski definition) is 2. The summed E-state index contributed by atoms with van der Waals surface area (Å²) in [6.07, 6.45) is 2.77. The molecule has 0 saturated carbocycles. The summed E-state index contributed by atoms with van der Waals surface area (Å²) in [5.41, 5.74) is 2.59. The normalized spacial score (nSPS) is 14.3. The highest BCUT2D eigenvalue weighted by Crippen LogP contribution is 2.30. The van der Waals surface area contributed by atoms with Gasteiger partial charge in [0.05, 0.1) is 31.7 Å². The predicted molar refractivity (Wildman–Crippen MR) is 102 cm³/mol. The third-order valence-electron chi connectivity index (χ3n) is 4.91. The van der Waals surface area contributed by atoms with Crippen LogP contribution in [0.25, 0.3) is 21.8 Å². The van der Waals surface area contributed by atoms with Gasteiger partial charge in [0.25, 0.3) is 0 Å². The lowest BCUT2D eigenvalue weighted by Gasteiger charge is -2.14. The molecule has 0 atom stereocenters. The summed E-state index contributed by atoms with van der Waals surface area (Å²) in [4.78, 5) is 19.8. The molecule has 1 saturated heterocycles. The maximum atomic E-state index is 9.04. The van der Waals surface area contributed by atoms with E-state index in [2.05, 4.69) is 41.0 Å². The number of fused-ring (bicyclic) bond motifs is 3. The van der Waals surface area contributed by atoms with Crippen LogP contribution >= 0.6 is 11.6 Å². The Bertz CT molecular complexity index is 965. The highest BCUT2D eigenvalue weighted by atomic mass is 35.5. The Morgan fingerprint density at radius 1 is 1.07 bits per heavy atom. The van der Waals surface area contributed by atoms with E-state index < -0.39 is 11.9 Å². The Kier molecular flexibility index (Phi) is 5.98. The molecule has 4 rings (SSSR count). The Balaban J connectivity index is 0.000000307. The van der Waals surface area contributed by atoms with Gasteiger partial charge in [0.1, 0.15) is 0 Å². The monoisotopic (exact) mass is 388 g/mol. The number of para-hydroxylation sites is 1. The molecule has 142 valence electrons. The highest BCUT2D eigenvalue weighted by Gasteiger charge is 2.17. The van der Waals surface area contributed by atoms with Crippen molar-refractivity contribution in [2.45, 2.75) is 19.4 Å². The summed E-state index contributed by atoms with van der Waals surface area (Å²) in [7, 11) is 0. The Labute approximate surface area is 161 Å². The van der Waals surface area contributed by atoms with E-state index in [4.69, 9.17) is 31.4 Å². The molecule has 0 spiro atoms. The number of carboxylic acids is 2. The summed E-state index contributed by atoms with van der Waals surface area (Å²) in [5.74, 6) is -4.01. The largest absolute Gasteiger partial charge is 0.539 e. The Morgan fingerprint density at radius 2 is 1.70 bits per heavy atom. The van der Waals surface area contributed by atoms with Crippen LogP contribution in [0, 0.1) is 0 Å². The van der Waals surface area contributed by atoms with Crippen LogP contribution in [0.3, 0.4) is 0 Å². The van der Waals surface area contributed by atoms with Gasteiger partial charge in [-0.2, -0.15) is 0 Å². The zero-order valence-electron chi connectivity index (χ0n) is 14.8. The van der Waals surface area contributed by atoms with Gasteiger partial charge in [-0.1, -0.05) is 35.9 Å². The first-order valence-electron chi connectivity index (χ1n) is 8.91. The second-order valence-electron chi connectivity index (χ2n) is 6.63. The van der Waals surface area contributed by atoms with Crippen molar-refractivity contribution in [1.82, 2.24) is 4.57 Å². The number of aliphatic carboxylic acids is 2. The number of nitrogens with one attached hydrogen (secondary N) is 1. The quantitative estimate of drug-likeness (QED) is 0.654. The molecule has 1 aliphatic rings. The van der Waals surface area contributed by atoms with E-state index in [0.717, 1.165) is 11.6 Å². The molecule has 0 aliphatic carbocycles. The van der Waals surface area contributed by atoms with Crippen LogP contribution in [0.2, 0.25) is 5.02 Å². The van der Waals surface area contributed by atoms with E-state index in [1.54, 1.807) is 4.90 Å². The maximum Gasteiger partial charge on any atom is 0.351 e. The summed E-state index contributed by atoms with van der Waals surface area (Å²) in [6, 6.07) is 14.9. The van der Waals surface area contributed by atoms with E-state index in [0.29, 0.717) is 0 Å². The van der Waals surface area contributed by atoms with Crippen LogP contribution in [0.4, 0.5) is 0 Å². The molecule has 2 heterocycles. The number of hydrogen-bond acceptors (Lipinski definition) is 3. The van der Waals surface area contributed by atoms with Crippen molar-refractivity contribution in [2.24, 2.45) is 0 Å². The highest BCUT2D eigenvalue weighted by molar-refractivity contribution is 6.31. The van der Waals surface area contributed by atoms with E-state index in [9.17, 15) is 0 Å². The average Bonchev–Trinajstić information content (AvgIpc) is 3.26. The number of carboxylic acid groups (broad SMARTS) is 2. The summed E-state index contributed by atoms with van der Waals surface area (Å²) < 4.78 is 2.45. The molecule has 2 aromatic carbocycles. The number of nitrogens with zero attached hydrogens (tertiary/aromatic N) is 1. The maximum absolute atomic E-state index is 9.04. The lowest BCUT2D eigenvalue weighted by Crippen LogP contribution is -3.10. The molecular weight excluding hydrogens is 368 g/mol. The van der Waals surface area contributed by atoms with Crippen LogP contribution < -0.4 is 10.0 Å². The molecule has 1 aliphatic heterocycles. The number of carbonyl (C=O) groups is 2. The second kappa shape index (κ2) is 8.41. The topological polar surface area (TPSA) is 86.8 Å². The first-order valence-corrected chi connectivity index (χ1v) is 9.29. The lowest BCUT2D eigenvalue weighted by molar-refractivity contribution is -0.887. The summed E-state index contributed by atoms with van der Waals surface area (Å²) >= 11 is 6.23. The van der Waals surface area contributed by atoms with Crippen molar-refractivity contribution >= 4 is 45.3 Å². The Hall–Kier alpha value is -2.57. The molecule has 6 nitrogen and oxygen atoms in total. The second-order valence-corrected chi connectivity index (χ2v) is 7.07. The lowest BCUT2D eigenvalue weighted by atomic mass is 10.2. The number of halogens is 1. The SMILES string of the molecule is Clc1ccc2c3ccccc3n(CC[NH+]3CCCC3)c2c1.O=C([O-])C(=O)O. The molecule has 2 N–H and O–H groups in total. The van der Waals surface area contributed by atoms with E-state index >= 15 is 0 Å². The first-order chi connectivity index (χ1) is 13.0. The molecule has 1 fully saturated rings. The van der Waals surface area contributed by atoms with Gasteiger partial charge in [-0.15, -0.1) is 0 Å². The van der Waals surface area contributed by atoms with Gasteiger partial charge in [0, 0.05) is 34.2 Å². The zero-order valence-corrected chi connectivity index (χ0v) is 15.5. The van der Waals surface area contributed by atoms with Gasteiger partial charge in [0.2, 0.25) is 0 Å². The molecule has 0 bridgehead atoms. The number of benzene rings is 2. The van der Waals surface area contributed by atoms with Gasteiger partial charge in [-0.05, 0) is 18.2 Å². The number of quaternary nitrogens is 1. The van der Waals surface area contributed by atoms with Crippen molar-refractivity contribution in [1.29, 1.82) is 0 Å². The summed E-state index contributed by atoms with van der Waals surface area (Å²) in [6.45, 7) is 4.94. The van der Waals surface area contributed by atoms with Gasteiger partial charge in [-0.3, -0.25) is 0 Å². The standard InChI is InChI=1S/C18H19ClN2.C2H2O4/c19-14-7-8-16-15-5-1-2-6-17(15)21(18(16)13-14)12-11-20-9-3-4-10-20;3-1(4)2(5)6/h1-2,5-8,13H,3-4,9-12H2;(H,3,4)(H,5,6). The number of likely N-dealkylation sites (tertiary alicyclic amines) is 1. The van der Waals surface area contributed by atoms with E-state index in [-0.39, 0.29) is 0 Å². The van der Waals surface area contributed by atoms with Crippen molar-refractivity contribution in [3.05, 3.63) is 47.5 Å². The fourth-order valence-corrected chi connectivity index (χ4v) is 3.82. The molecular formula is C20H21ClN2O4. The third kappa shape index (κ3) is 4.40. The van der Waals surface area contributed by atoms with Crippen LogP contribution in [0.5, 0.6) is 0 Å². The first kappa shape index (κ1) is 19.2. The van der Waals surface area contributed by atoms with Gasteiger partial charge in [-0.25, -0.2) is 4.79 Å². The molecule has 27 heavy (non-hydrogen) atoms. The Morgan fingerprint density at radius 3 is 2.37 bits per heavy atom. The van der Waals surface area contributed by atoms with Crippen LogP contribution in [-0.2, 0) is 16.1 Å². The van der Waals surface area contributed by atoms with E-state index in [1.807, 2.05) is 6.07 Å². The van der Waals surface area contributed by atoms with Gasteiger partial charge in [0.15, 0.2) is 5.97 Å². The van der Waals surface area contributed by atoms with Crippen molar-refractivity contribution in [3.63, 3.8) is 0 Å². The minimum absolute atomic E-state index is 0.820. The minimum Gasteiger partial charge on any atom is -0.539 e. The van der Waals surface area contributed by atoms with Gasteiger partial charge >= 0.3 is 5.97 Å². The molecule has 1 aromatic heterocycles. The molecule has 7 heteroatoms. The van der Waals surface area contributed by atoms with Crippen LogP contribution in [0.1, 0.15) is 12.8 Å². The average molecular weight is 389 g/mol. The minimum atomic E-state index is -2.07. The molecule has 0 amide bonds. The molecule has 3 aromatic rings. The fourth-order valence-electron chi connectivity index (χ4n) is 3.66. The van der Waals surface area contributed by atoms with Crippen molar-refractivity contribution in [3.8, 4) is 0 Å². The zero-order chi connectivity index (χ0) is 19.4. The van der Waals surface area contributed by atoms with Crippen molar-refractivity contribution < 1.29 is 24.7 Å². The molecule has 0 unspecified atom stereocenters. The fraction of sp³-hybridized carbons (Fsp3) is 0.300. The number of rotatable bonds is 3. The van der Waals surface area contributed by atoms with Gasteiger partial charge < -0.3 is 24.5 Å². The number of aromatic nitrogens is 1. The van der Waals surface area contributed by atoms with Crippen LogP contribution in [-0.4, -0.2) is 41.2 Å². The van der Waals surface area contributed by atoms with Crippen molar-refractivity contribution in [2.75, 3.05) is 19.6 Å².